The highest BCUT2D eigenvalue weighted by atomic mass is 32.2. The van der Waals surface area contributed by atoms with E-state index in [1.807, 2.05) is 11.8 Å². The molecule has 2 heteroatoms. The Hall–Kier alpha value is -1.25. The van der Waals surface area contributed by atoms with Crippen LogP contribution in [0.15, 0.2) is 60.7 Å². The van der Waals surface area contributed by atoms with E-state index in [-0.39, 0.29) is 0 Å². The summed E-state index contributed by atoms with van der Waals surface area (Å²) in [6.07, 6.45) is 3.56. The van der Waals surface area contributed by atoms with Gasteiger partial charge in [-0.3, -0.25) is 4.90 Å². The Bertz CT molecular complexity index is 484. The van der Waals surface area contributed by atoms with E-state index in [0.717, 1.165) is 24.4 Å². The van der Waals surface area contributed by atoms with Gasteiger partial charge >= 0.3 is 0 Å². The van der Waals surface area contributed by atoms with Crippen LogP contribution in [0.4, 0.5) is 0 Å². The summed E-state index contributed by atoms with van der Waals surface area (Å²) < 4.78 is 0. The Kier molecular flexibility index (Phi) is 4.44. The van der Waals surface area contributed by atoms with Crippen LogP contribution in [0, 0.1) is 0 Å². The number of rotatable bonds is 6. The molecule has 2 atom stereocenters. The third kappa shape index (κ3) is 3.44. The lowest BCUT2D eigenvalue weighted by Gasteiger charge is -2.23. The molecule has 0 unspecified atom stereocenters. The van der Waals surface area contributed by atoms with Crippen molar-refractivity contribution in [2.75, 3.05) is 6.26 Å². The van der Waals surface area contributed by atoms with Crippen molar-refractivity contribution < 1.29 is 0 Å². The fourth-order valence-electron chi connectivity index (χ4n) is 2.72. The topological polar surface area (TPSA) is 3.24 Å². The number of nitrogens with zero attached hydrogens (tertiary/aromatic N) is 1. The first-order chi connectivity index (χ1) is 9.86. The number of hydrogen-bond donors (Lipinski definition) is 0. The molecule has 0 heterocycles. The zero-order valence-electron chi connectivity index (χ0n) is 11.9. The van der Waals surface area contributed by atoms with Crippen molar-refractivity contribution in [1.82, 2.24) is 4.90 Å². The van der Waals surface area contributed by atoms with Crippen LogP contribution < -0.4 is 0 Å². The summed E-state index contributed by atoms with van der Waals surface area (Å²) >= 11 is 2.01. The van der Waals surface area contributed by atoms with E-state index in [1.165, 1.54) is 17.5 Å². The lowest BCUT2D eigenvalue weighted by Crippen LogP contribution is -2.26. The van der Waals surface area contributed by atoms with Gasteiger partial charge in [-0.15, -0.1) is 0 Å². The van der Waals surface area contributed by atoms with Crippen molar-refractivity contribution in [3.05, 3.63) is 71.8 Å². The van der Waals surface area contributed by atoms with E-state index in [9.17, 15) is 0 Å². The molecule has 1 saturated carbocycles. The highest BCUT2D eigenvalue weighted by Crippen LogP contribution is 2.39. The van der Waals surface area contributed by atoms with E-state index < -0.39 is 0 Å². The van der Waals surface area contributed by atoms with E-state index in [4.69, 9.17) is 0 Å². The fourth-order valence-corrected chi connectivity index (χ4v) is 3.60. The number of benzene rings is 2. The predicted molar refractivity (Wildman–Crippen MR) is 87.8 cm³/mol. The van der Waals surface area contributed by atoms with E-state index in [2.05, 4.69) is 71.8 Å². The summed E-state index contributed by atoms with van der Waals surface area (Å²) in [5.41, 5.74) is 2.82. The van der Waals surface area contributed by atoms with Crippen LogP contribution in [0.25, 0.3) is 0 Å². The molecule has 0 bridgehead atoms. The van der Waals surface area contributed by atoms with Gasteiger partial charge in [0.2, 0.25) is 0 Å². The van der Waals surface area contributed by atoms with Crippen molar-refractivity contribution in [3.63, 3.8) is 0 Å². The van der Waals surface area contributed by atoms with Crippen molar-refractivity contribution in [3.8, 4) is 0 Å². The average molecular weight is 283 g/mol. The molecule has 104 valence electrons. The molecule has 2 aromatic carbocycles. The minimum absolute atomic E-state index is 0.741. The first kappa shape index (κ1) is 13.7. The van der Waals surface area contributed by atoms with Crippen LogP contribution in [0.1, 0.15) is 17.5 Å². The third-order valence-electron chi connectivity index (χ3n) is 3.93. The molecular formula is C18H21NS. The van der Waals surface area contributed by atoms with Gasteiger partial charge in [0.1, 0.15) is 0 Å². The Balaban J connectivity index is 1.71. The molecule has 0 spiro atoms. The van der Waals surface area contributed by atoms with Gasteiger partial charge in [0, 0.05) is 24.4 Å². The van der Waals surface area contributed by atoms with Gasteiger partial charge in [-0.2, -0.15) is 11.8 Å². The first-order valence-electron chi connectivity index (χ1n) is 7.21. The Morgan fingerprint density at radius 2 is 1.40 bits per heavy atom. The predicted octanol–water partition coefficient (Wildman–Crippen LogP) is 4.19. The van der Waals surface area contributed by atoms with Crippen LogP contribution in [-0.4, -0.2) is 22.4 Å². The van der Waals surface area contributed by atoms with Gasteiger partial charge in [-0.25, -0.2) is 0 Å². The van der Waals surface area contributed by atoms with Crippen molar-refractivity contribution in [2.24, 2.45) is 0 Å². The molecule has 3 rings (SSSR count). The smallest absolute Gasteiger partial charge is 0.0240 e. The fraction of sp³-hybridized carbons (Fsp3) is 0.333. The summed E-state index contributed by atoms with van der Waals surface area (Å²) in [6.45, 7) is 2.11. The van der Waals surface area contributed by atoms with E-state index in [1.54, 1.807) is 0 Å². The molecule has 20 heavy (non-hydrogen) atoms. The standard InChI is InChI=1S/C18H21NS/c1-20-18-12-17(18)19(13-15-8-4-2-5-9-15)14-16-10-6-3-7-11-16/h2-11,17-18H,12-14H2,1H3/t17-,18-/m0/s1. The average Bonchev–Trinajstić information content (AvgIpc) is 3.28. The molecule has 1 aliphatic carbocycles. The van der Waals surface area contributed by atoms with E-state index >= 15 is 0 Å². The highest BCUT2D eigenvalue weighted by molar-refractivity contribution is 7.99. The maximum atomic E-state index is 2.63. The molecule has 0 amide bonds. The van der Waals surface area contributed by atoms with E-state index in [0.29, 0.717) is 0 Å². The lowest BCUT2D eigenvalue weighted by molar-refractivity contribution is 0.247. The normalized spacial score (nSPS) is 21.1. The second-order valence-corrected chi connectivity index (χ2v) is 6.53. The minimum Gasteiger partial charge on any atom is -0.291 e. The largest absolute Gasteiger partial charge is 0.291 e. The molecular weight excluding hydrogens is 262 g/mol. The van der Waals surface area contributed by atoms with Gasteiger partial charge in [0.05, 0.1) is 0 Å². The molecule has 0 aliphatic heterocycles. The Morgan fingerprint density at radius 3 is 1.80 bits per heavy atom. The molecule has 1 nitrogen and oxygen atoms in total. The second-order valence-electron chi connectivity index (χ2n) is 5.45. The van der Waals surface area contributed by atoms with Gasteiger partial charge < -0.3 is 0 Å². The van der Waals surface area contributed by atoms with Crippen LogP contribution in [0.3, 0.4) is 0 Å². The van der Waals surface area contributed by atoms with Crippen molar-refractivity contribution in [2.45, 2.75) is 30.8 Å². The zero-order chi connectivity index (χ0) is 13.8. The van der Waals surface area contributed by atoms with Gasteiger partial charge in [-0.05, 0) is 23.8 Å². The number of hydrogen-bond acceptors (Lipinski definition) is 2. The maximum Gasteiger partial charge on any atom is 0.0240 e. The molecule has 1 aliphatic rings. The van der Waals surface area contributed by atoms with Crippen LogP contribution in [0.5, 0.6) is 0 Å². The van der Waals surface area contributed by atoms with Crippen molar-refractivity contribution in [1.29, 1.82) is 0 Å². The summed E-state index contributed by atoms with van der Waals surface area (Å²) in [5.74, 6) is 0. The first-order valence-corrected chi connectivity index (χ1v) is 8.50. The Morgan fingerprint density at radius 1 is 0.900 bits per heavy atom. The highest BCUT2D eigenvalue weighted by Gasteiger charge is 2.40. The molecule has 2 aromatic rings. The van der Waals surface area contributed by atoms with Gasteiger partial charge in [0.25, 0.3) is 0 Å². The van der Waals surface area contributed by atoms with Crippen LogP contribution in [0.2, 0.25) is 0 Å². The molecule has 0 N–H and O–H groups in total. The van der Waals surface area contributed by atoms with Gasteiger partial charge in [0.15, 0.2) is 0 Å². The number of thioether (sulfide) groups is 1. The minimum atomic E-state index is 0.741. The summed E-state index contributed by atoms with van der Waals surface area (Å²) in [4.78, 5) is 2.63. The zero-order valence-corrected chi connectivity index (χ0v) is 12.7. The lowest BCUT2D eigenvalue weighted by atomic mass is 10.1. The molecule has 0 aromatic heterocycles. The summed E-state index contributed by atoms with van der Waals surface area (Å²) in [7, 11) is 0. The maximum absolute atomic E-state index is 2.63. The Labute approximate surface area is 126 Å². The van der Waals surface area contributed by atoms with Crippen molar-refractivity contribution >= 4 is 11.8 Å². The van der Waals surface area contributed by atoms with Gasteiger partial charge in [-0.1, -0.05) is 60.7 Å². The summed E-state index contributed by atoms with van der Waals surface area (Å²) in [6, 6.07) is 22.4. The summed E-state index contributed by atoms with van der Waals surface area (Å²) in [5, 5.41) is 0.822. The molecule has 0 radical (unpaired) electrons. The molecule has 0 saturated heterocycles. The monoisotopic (exact) mass is 283 g/mol. The third-order valence-corrected chi connectivity index (χ3v) is 5.04. The van der Waals surface area contributed by atoms with Crippen LogP contribution in [-0.2, 0) is 13.1 Å². The second kappa shape index (κ2) is 6.47. The quantitative estimate of drug-likeness (QED) is 0.782. The SMILES string of the molecule is CS[C@H]1C[C@@H]1N(Cc1ccccc1)Cc1ccccc1. The van der Waals surface area contributed by atoms with Crippen LogP contribution >= 0.6 is 11.8 Å². The molecule has 1 fully saturated rings.